The summed E-state index contributed by atoms with van der Waals surface area (Å²) in [6, 6.07) is 60.2. The summed E-state index contributed by atoms with van der Waals surface area (Å²) in [5.74, 6) is 0. The molecule has 2 aliphatic carbocycles. The van der Waals surface area contributed by atoms with Crippen LogP contribution >= 0.6 is 14.3 Å². The number of pyridine rings is 2. The van der Waals surface area contributed by atoms with Gasteiger partial charge in [-0.1, -0.05) is 170 Å². The number of benzene rings is 6. The van der Waals surface area contributed by atoms with Gasteiger partial charge < -0.3 is 9.13 Å². The van der Waals surface area contributed by atoms with E-state index in [2.05, 4.69) is 60.7 Å². The van der Waals surface area contributed by atoms with E-state index < -0.39 is 19.7 Å². The maximum atomic E-state index is 15.8. The second kappa shape index (κ2) is 12.1. The lowest BCUT2D eigenvalue weighted by atomic mass is 9.71. The SMILES string of the molecule is O=P(c1ccccc1)(c1ccccc1)c1cnc2c(c1)C1(c3ccccc3-c3ccccc31)c1cc(P(=O)(c3ccccc3)c3ccccc3)cnc1-2. The number of hydrogen-bond acceptors (Lipinski definition) is 4. The van der Waals surface area contributed by atoms with Gasteiger partial charge in [-0.15, -0.1) is 0 Å². The molecule has 0 fully saturated rings. The number of aromatic nitrogens is 2. The molecule has 0 N–H and O–H groups in total. The van der Waals surface area contributed by atoms with Crippen LogP contribution in [-0.2, 0) is 14.5 Å². The van der Waals surface area contributed by atoms with Gasteiger partial charge in [-0.05, 0) is 34.4 Å². The van der Waals surface area contributed by atoms with E-state index in [0.29, 0.717) is 10.6 Å². The van der Waals surface area contributed by atoms with Crippen LogP contribution in [-0.4, -0.2) is 9.97 Å². The topological polar surface area (TPSA) is 59.9 Å². The van der Waals surface area contributed by atoms with E-state index in [1.165, 1.54) is 0 Å². The molecule has 0 amide bonds. The molecule has 0 radical (unpaired) electrons. The van der Waals surface area contributed by atoms with Crippen molar-refractivity contribution in [1.29, 1.82) is 0 Å². The van der Waals surface area contributed by atoms with Crippen molar-refractivity contribution in [3.63, 3.8) is 0 Å². The van der Waals surface area contributed by atoms with Gasteiger partial charge in [-0.25, -0.2) is 0 Å². The van der Waals surface area contributed by atoms with Crippen molar-refractivity contribution in [2.24, 2.45) is 0 Å². The highest BCUT2D eigenvalue weighted by Crippen LogP contribution is 2.62. The lowest BCUT2D eigenvalue weighted by Gasteiger charge is -2.31. The first-order valence-electron chi connectivity index (χ1n) is 17.7. The molecule has 2 heterocycles. The summed E-state index contributed by atoms with van der Waals surface area (Å²) >= 11 is 0. The fourth-order valence-electron chi connectivity index (χ4n) is 8.61. The largest absolute Gasteiger partial charge is 0.309 e. The molecule has 6 aromatic carbocycles. The molecule has 0 saturated carbocycles. The average molecular weight is 719 g/mol. The molecule has 0 bridgehead atoms. The summed E-state index contributed by atoms with van der Waals surface area (Å²) in [6.07, 6.45) is 3.56. The fraction of sp³-hybridized carbons (Fsp3) is 0.0213. The zero-order valence-corrected chi connectivity index (χ0v) is 30.4. The first kappa shape index (κ1) is 31.8. The van der Waals surface area contributed by atoms with Crippen molar-refractivity contribution in [3.8, 4) is 22.5 Å². The van der Waals surface area contributed by atoms with Gasteiger partial charge in [-0.3, -0.25) is 9.97 Å². The Labute approximate surface area is 308 Å². The van der Waals surface area contributed by atoms with Crippen LogP contribution in [0.25, 0.3) is 22.5 Å². The normalized spacial score (nSPS) is 13.6. The van der Waals surface area contributed by atoms with Crippen LogP contribution in [0.3, 0.4) is 0 Å². The predicted octanol–water partition coefficient (Wildman–Crippen LogP) is 8.10. The maximum absolute atomic E-state index is 15.8. The van der Waals surface area contributed by atoms with Crippen molar-refractivity contribution in [2.75, 3.05) is 0 Å². The van der Waals surface area contributed by atoms with Gasteiger partial charge >= 0.3 is 0 Å². The Morgan fingerprint density at radius 2 is 0.642 bits per heavy atom. The Kier molecular flexibility index (Phi) is 7.24. The number of hydrogen-bond donors (Lipinski definition) is 0. The van der Waals surface area contributed by atoms with Crippen molar-refractivity contribution in [3.05, 3.63) is 217 Å². The molecule has 53 heavy (non-hydrogen) atoms. The summed E-state index contributed by atoms with van der Waals surface area (Å²) in [5.41, 5.74) is 6.93. The molecule has 1 spiro atoms. The van der Waals surface area contributed by atoms with E-state index in [1.807, 2.05) is 121 Å². The van der Waals surface area contributed by atoms with E-state index in [-0.39, 0.29) is 0 Å². The van der Waals surface area contributed by atoms with Crippen LogP contribution in [0.1, 0.15) is 22.3 Å². The standard InChI is InChI=1S/C47H32N2O2P2/c50-52(33-17-5-1-6-18-33,34-19-7-2-8-20-34)37-29-43-45(48-31-37)46-44(47(43)41-27-15-13-25-39(41)40-26-14-16-28-42(40)47)30-38(32-49-46)53(51,35-21-9-3-10-22-35)36-23-11-4-12-24-36/h1-32H. The monoisotopic (exact) mass is 718 g/mol. The Balaban J connectivity index is 1.30. The second-order valence-corrected chi connectivity index (χ2v) is 19.1. The van der Waals surface area contributed by atoms with Gasteiger partial charge in [-0.2, -0.15) is 0 Å². The van der Waals surface area contributed by atoms with Crippen LogP contribution in [0.2, 0.25) is 0 Å². The van der Waals surface area contributed by atoms with E-state index in [9.17, 15) is 0 Å². The molecule has 10 rings (SSSR count). The molecule has 4 nitrogen and oxygen atoms in total. The summed E-state index contributed by atoms with van der Waals surface area (Å²) in [7, 11) is -6.75. The highest BCUT2D eigenvalue weighted by molar-refractivity contribution is 7.85. The number of nitrogens with zero attached hydrogens (tertiary/aromatic N) is 2. The average Bonchev–Trinajstić information content (AvgIpc) is 3.71. The molecule has 0 unspecified atom stereocenters. The number of fused-ring (bicyclic) bond motifs is 10. The minimum absolute atomic E-state index is 0.655. The van der Waals surface area contributed by atoms with Gasteiger partial charge in [0.25, 0.3) is 0 Å². The smallest absolute Gasteiger partial charge is 0.172 e. The molecule has 2 aromatic heterocycles. The van der Waals surface area contributed by atoms with Crippen LogP contribution in [0.15, 0.2) is 194 Å². The minimum atomic E-state index is -3.37. The van der Waals surface area contributed by atoms with E-state index in [4.69, 9.17) is 9.97 Å². The second-order valence-electron chi connectivity index (χ2n) is 13.6. The van der Waals surface area contributed by atoms with Gasteiger partial charge in [0.15, 0.2) is 14.3 Å². The quantitative estimate of drug-likeness (QED) is 0.163. The van der Waals surface area contributed by atoms with Gasteiger partial charge in [0, 0.05) is 55.3 Å². The van der Waals surface area contributed by atoms with Gasteiger partial charge in [0.05, 0.1) is 16.8 Å². The third-order valence-corrected chi connectivity index (χ3v) is 17.0. The summed E-state index contributed by atoms with van der Waals surface area (Å²) in [4.78, 5) is 10.4. The minimum Gasteiger partial charge on any atom is -0.309 e. The summed E-state index contributed by atoms with van der Waals surface area (Å²) in [5, 5.41) is 4.30. The zero-order valence-electron chi connectivity index (χ0n) is 28.6. The Morgan fingerprint density at radius 3 is 0.981 bits per heavy atom. The van der Waals surface area contributed by atoms with Crippen molar-refractivity contribution in [1.82, 2.24) is 9.97 Å². The molecule has 0 saturated heterocycles. The van der Waals surface area contributed by atoms with Crippen LogP contribution < -0.4 is 31.8 Å². The molecule has 6 heteroatoms. The van der Waals surface area contributed by atoms with Crippen LogP contribution in [0.4, 0.5) is 0 Å². The first-order chi connectivity index (χ1) is 26.1. The zero-order chi connectivity index (χ0) is 35.6. The molecule has 0 atom stereocenters. The molecule has 252 valence electrons. The van der Waals surface area contributed by atoms with Crippen LogP contribution in [0.5, 0.6) is 0 Å². The van der Waals surface area contributed by atoms with Crippen molar-refractivity contribution in [2.45, 2.75) is 5.41 Å². The van der Waals surface area contributed by atoms with Crippen molar-refractivity contribution < 1.29 is 9.13 Å². The summed E-state index contributed by atoms with van der Waals surface area (Å²) < 4.78 is 31.6. The molecule has 0 aliphatic heterocycles. The highest BCUT2D eigenvalue weighted by Gasteiger charge is 2.54. The Morgan fingerprint density at radius 1 is 0.340 bits per heavy atom. The van der Waals surface area contributed by atoms with Crippen LogP contribution in [0, 0.1) is 0 Å². The molecule has 2 aliphatic rings. The highest BCUT2D eigenvalue weighted by atomic mass is 31.2. The number of rotatable bonds is 6. The van der Waals surface area contributed by atoms with Gasteiger partial charge in [0.2, 0.25) is 0 Å². The molecular formula is C47H32N2O2P2. The van der Waals surface area contributed by atoms with E-state index in [0.717, 1.165) is 66.0 Å². The predicted molar refractivity (Wildman–Crippen MR) is 217 cm³/mol. The van der Waals surface area contributed by atoms with Crippen molar-refractivity contribution >= 4 is 46.1 Å². The molecular weight excluding hydrogens is 686 g/mol. The molecule has 8 aromatic rings. The first-order valence-corrected chi connectivity index (χ1v) is 21.1. The Bertz CT molecular complexity index is 2510. The van der Waals surface area contributed by atoms with E-state index >= 15 is 9.13 Å². The third kappa shape index (κ3) is 4.44. The summed E-state index contributed by atoms with van der Waals surface area (Å²) in [6.45, 7) is 0. The van der Waals surface area contributed by atoms with Gasteiger partial charge in [0.1, 0.15) is 0 Å². The third-order valence-electron chi connectivity index (χ3n) is 10.9. The maximum Gasteiger partial charge on any atom is 0.172 e. The fourth-order valence-corrected chi connectivity index (χ4v) is 13.8. The lowest BCUT2D eigenvalue weighted by molar-refractivity contribution is 0.591. The lowest BCUT2D eigenvalue weighted by Crippen LogP contribution is -2.31. The Hall–Kier alpha value is -5.92. The van der Waals surface area contributed by atoms with E-state index in [1.54, 1.807) is 12.4 Å².